The zero-order valence-electron chi connectivity index (χ0n) is 8.53. The molecule has 1 aromatic carbocycles. The normalized spacial score (nSPS) is 12.8. The van der Waals surface area contributed by atoms with Crippen LogP contribution in [0.3, 0.4) is 0 Å². The number of alkyl halides is 3. The van der Waals surface area contributed by atoms with Gasteiger partial charge in [0, 0.05) is 6.61 Å². The Morgan fingerprint density at radius 2 is 1.88 bits per heavy atom. The number of aliphatic hydroxyl groups excluding tert-OH is 1. The highest BCUT2D eigenvalue weighted by atomic mass is 32.2. The van der Waals surface area contributed by atoms with Crippen molar-refractivity contribution in [1.82, 2.24) is 0 Å². The number of nitrogens with two attached hydrogens (primary N) is 1. The van der Waals surface area contributed by atoms with Crippen LogP contribution in [-0.2, 0) is 22.6 Å². The molecule has 0 aliphatic heterocycles. The first-order valence-corrected chi connectivity index (χ1v) is 6.04. The zero-order valence-corrected chi connectivity index (χ0v) is 9.35. The van der Waals surface area contributed by atoms with E-state index in [0.29, 0.717) is 6.07 Å². The summed E-state index contributed by atoms with van der Waals surface area (Å²) in [4.78, 5) is -0.610. The molecule has 0 bridgehead atoms. The zero-order chi connectivity index (χ0) is 13.3. The van der Waals surface area contributed by atoms with Gasteiger partial charge in [-0.3, -0.25) is 0 Å². The summed E-state index contributed by atoms with van der Waals surface area (Å²) < 4.78 is 59.4. The molecule has 0 aromatic heterocycles. The fourth-order valence-electron chi connectivity index (χ4n) is 1.32. The molecule has 0 saturated carbocycles. The summed E-state index contributed by atoms with van der Waals surface area (Å²) in [5.74, 6) is 0. The maximum absolute atomic E-state index is 12.4. The predicted molar refractivity (Wildman–Crippen MR) is 53.6 cm³/mol. The van der Waals surface area contributed by atoms with Gasteiger partial charge in [0.25, 0.3) is 0 Å². The maximum Gasteiger partial charge on any atom is 0.416 e. The lowest BCUT2D eigenvalue weighted by molar-refractivity contribution is -0.137. The van der Waals surface area contributed by atoms with Gasteiger partial charge in [-0.1, -0.05) is 6.07 Å². The van der Waals surface area contributed by atoms with E-state index in [-0.39, 0.29) is 18.6 Å². The van der Waals surface area contributed by atoms with Gasteiger partial charge in [-0.25, -0.2) is 13.6 Å². The van der Waals surface area contributed by atoms with Gasteiger partial charge in [0.15, 0.2) is 0 Å². The summed E-state index contributed by atoms with van der Waals surface area (Å²) in [7, 11) is -4.25. The molecule has 0 amide bonds. The molecular weight excluding hydrogens is 259 g/mol. The van der Waals surface area contributed by atoms with Crippen molar-refractivity contribution in [3.05, 3.63) is 29.3 Å². The van der Waals surface area contributed by atoms with E-state index in [1.807, 2.05) is 0 Å². The van der Waals surface area contributed by atoms with Crippen LogP contribution in [0.2, 0.25) is 0 Å². The van der Waals surface area contributed by atoms with Crippen LogP contribution in [0.1, 0.15) is 11.1 Å². The standard InChI is InChI=1S/C9H10F3NO3S/c10-9(11,12)7-2-1-6(3-4-14)8(5-7)17(13,15)16/h1-2,5,14H,3-4H2,(H2,13,15,16). The smallest absolute Gasteiger partial charge is 0.396 e. The average Bonchev–Trinajstić information content (AvgIpc) is 2.15. The minimum Gasteiger partial charge on any atom is -0.396 e. The molecule has 4 nitrogen and oxygen atoms in total. The quantitative estimate of drug-likeness (QED) is 0.855. The first-order chi connectivity index (χ1) is 7.66. The van der Waals surface area contributed by atoms with Crippen LogP contribution < -0.4 is 5.14 Å². The topological polar surface area (TPSA) is 80.4 Å². The Kier molecular flexibility index (Phi) is 3.80. The van der Waals surface area contributed by atoms with E-state index in [2.05, 4.69) is 0 Å². The molecule has 0 spiro atoms. The third-order valence-corrected chi connectivity index (χ3v) is 3.08. The SMILES string of the molecule is NS(=O)(=O)c1cc(C(F)(F)F)ccc1CCO. The minimum atomic E-state index is -4.64. The van der Waals surface area contributed by atoms with Crippen molar-refractivity contribution in [2.45, 2.75) is 17.5 Å². The van der Waals surface area contributed by atoms with Crippen molar-refractivity contribution in [1.29, 1.82) is 0 Å². The fourth-order valence-corrected chi connectivity index (χ4v) is 2.15. The molecule has 3 N–H and O–H groups in total. The summed E-state index contributed by atoms with van der Waals surface area (Å²) in [5.41, 5.74) is -1.04. The Morgan fingerprint density at radius 1 is 1.29 bits per heavy atom. The van der Waals surface area contributed by atoms with Crippen molar-refractivity contribution in [2.24, 2.45) is 5.14 Å². The van der Waals surface area contributed by atoms with Crippen molar-refractivity contribution in [3.63, 3.8) is 0 Å². The van der Waals surface area contributed by atoms with Crippen molar-refractivity contribution in [3.8, 4) is 0 Å². The van der Waals surface area contributed by atoms with Gasteiger partial charge in [-0.05, 0) is 24.1 Å². The van der Waals surface area contributed by atoms with Gasteiger partial charge in [0.1, 0.15) is 0 Å². The highest BCUT2D eigenvalue weighted by Gasteiger charge is 2.32. The molecule has 0 radical (unpaired) electrons. The lowest BCUT2D eigenvalue weighted by Crippen LogP contribution is -2.17. The Morgan fingerprint density at radius 3 is 2.29 bits per heavy atom. The van der Waals surface area contributed by atoms with E-state index in [1.54, 1.807) is 0 Å². The molecule has 96 valence electrons. The van der Waals surface area contributed by atoms with Crippen LogP contribution in [-0.4, -0.2) is 20.1 Å². The van der Waals surface area contributed by atoms with E-state index in [1.165, 1.54) is 0 Å². The number of benzene rings is 1. The van der Waals surface area contributed by atoms with E-state index < -0.39 is 26.7 Å². The second-order valence-electron chi connectivity index (χ2n) is 3.34. The summed E-state index contributed by atoms with van der Waals surface area (Å²) in [6.45, 7) is -0.381. The van der Waals surface area contributed by atoms with Crippen LogP contribution >= 0.6 is 0 Å². The molecule has 1 rings (SSSR count). The van der Waals surface area contributed by atoms with E-state index in [0.717, 1.165) is 12.1 Å². The first-order valence-electron chi connectivity index (χ1n) is 4.50. The largest absolute Gasteiger partial charge is 0.416 e. The summed E-state index contributed by atoms with van der Waals surface area (Å²) in [6, 6.07) is 2.22. The second-order valence-corrected chi connectivity index (χ2v) is 4.87. The summed E-state index contributed by atoms with van der Waals surface area (Å²) in [5, 5.41) is 13.5. The molecule has 0 aliphatic rings. The molecule has 8 heteroatoms. The lowest BCUT2D eigenvalue weighted by atomic mass is 10.1. The number of aliphatic hydroxyl groups is 1. The van der Waals surface area contributed by atoms with Crippen LogP contribution in [0.25, 0.3) is 0 Å². The van der Waals surface area contributed by atoms with Gasteiger partial charge in [0.05, 0.1) is 10.5 Å². The molecule has 0 heterocycles. The maximum atomic E-state index is 12.4. The number of hydrogen-bond donors (Lipinski definition) is 2. The van der Waals surface area contributed by atoms with Crippen molar-refractivity contribution >= 4 is 10.0 Å². The molecule has 0 saturated heterocycles. The highest BCUT2D eigenvalue weighted by Crippen LogP contribution is 2.31. The first kappa shape index (κ1) is 13.9. The van der Waals surface area contributed by atoms with Gasteiger partial charge >= 0.3 is 6.18 Å². The number of halogens is 3. The Balaban J connectivity index is 3.40. The van der Waals surface area contributed by atoms with E-state index >= 15 is 0 Å². The molecule has 17 heavy (non-hydrogen) atoms. The van der Waals surface area contributed by atoms with Gasteiger partial charge in [-0.15, -0.1) is 0 Å². The third-order valence-electron chi connectivity index (χ3n) is 2.08. The van der Waals surface area contributed by atoms with E-state index in [9.17, 15) is 21.6 Å². The minimum absolute atomic E-state index is 0.0583. The molecule has 1 aromatic rings. The van der Waals surface area contributed by atoms with Crippen LogP contribution in [0.15, 0.2) is 23.1 Å². The highest BCUT2D eigenvalue weighted by molar-refractivity contribution is 7.89. The lowest BCUT2D eigenvalue weighted by Gasteiger charge is -2.11. The molecule has 0 fully saturated rings. The van der Waals surface area contributed by atoms with Crippen molar-refractivity contribution in [2.75, 3.05) is 6.61 Å². The molecule has 0 atom stereocenters. The average molecular weight is 269 g/mol. The van der Waals surface area contributed by atoms with Gasteiger partial charge in [0.2, 0.25) is 10.0 Å². The Hall–Kier alpha value is -1.12. The summed E-state index contributed by atoms with van der Waals surface area (Å²) >= 11 is 0. The van der Waals surface area contributed by atoms with Crippen LogP contribution in [0, 0.1) is 0 Å². The van der Waals surface area contributed by atoms with Crippen LogP contribution in [0.4, 0.5) is 13.2 Å². The number of hydrogen-bond acceptors (Lipinski definition) is 3. The number of primary sulfonamides is 1. The van der Waals surface area contributed by atoms with Crippen LogP contribution in [0.5, 0.6) is 0 Å². The fraction of sp³-hybridized carbons (Fsp3) is 0.333. The molecule has 0 unspecified atom stereocenters. The molecular formula is C9H10F3NO3S. The predicted octanol–water partition coefficient (Wildman–Crippen LogP) is 0.888. The Bertz CT molecular complexity index is 511. The number of rotatable bonds is 3. The summed E-state index contributed by atoms with van der Waals surface area (Å²) in [6.07, 6.45) is -4.72. The van der Waals surface area contributed by atoms with Gasteiger partial charge in [-0.2, -0.15) is 13.2 Å². The third kappa shape index (κ3) is 3.42. The second kappa shape index (κ2) is 4.63. The van der Waals surface area contributed by atoms with Gasteiger partial charge < -0.3 is 5.11 Å². The molecule has 0 aliphatic carbocycles. The van der Waals surface area contributed by atoms with E-state index in [4.69, 9.17) is 10.2 Å². The number of sulfonamides is 1. The Labute approximate surface area is 95.9 Å². The van der Waals surface area contributed by atoms with Crippen molar-refractivity contribution < 1.29 is 26.7 Å². The monoisotopic (exact) mass is 269 g/mol.